The molecule has 0 aliphatic carbocycles. The van der Waals surface area contributed by atoms with Gasteiger partial charge in [-0.15, -0.1) is 0 Å². The molecule has 3 heterocycles. The van der Waals surface area contributed by atoms with Crippen LogP contribution in [0.2, 0.25) is 0 Å². The molecule has 3 rings (SSSR count). The highest BCUT2D eigenvalue weighted by Crippen LogP contribution is 2.35. The Morgan fingerprint density at radius 1 is 1.31 bits per heavy atom. The van der Waals surface area contributed by atoms with Crippen LogP contribution in [-0.4, -0.2) is 69.1 Å². The predicted octanol–water partition coefficient (Wildman–Crippen LogP) is 1.99. The van der Waals surface area contributed by atoms with Gasteiger partial charge in [0, 0.05) is 44.7 Å². The highest BCUT2D eigenvalue weighted by Gasteiger charge is 2.25. The number of carbonyl (C=O) groups is 1. The van der Waals surface area contributed by atoms with E-state index in [9.17, 15) is 4.79 Å². The summed E-state index contributed by atoms with van der Waals surface area (Å²) in [6.45, 7) is 2.75. The Bertz CT molecular complexity index is 855. The average molecular weight is 403 g/mol. The molecule has 0 aromatic carbocycles. The number of hydrogen-bond acceptors (Lipinski definition) is 8. The number of carboxylic acid groups (broad SMARTS) is 1. The molecule has 0 unspecified atom stereocenters. The lowest BCUT2D eigenvalue weighted by Crippen LogP contribution is -2.41. The van der Waals surface area contributed by atoms with Crippen molar-refractivity contribution in [1.29, 1.82) is 0 Å². The summed E-state index contributed by atoms with van der Waals surface area (Å²) < 4.78 is 11.5. The van der Waals surface area contributed by atoms with Gasteiger partial charge in [-0.25, -0.2) is 9.78 Å². The Morgan fingerprint density at radius 2 is 2.07 bits per heavy atom. The van der Waals surface area contributed by atoms with Crippen molar-refractivity contribution in [3.8, 4) is 11.6 Å². The maximum absolute atomic E-state index is 11.0. The van der Waals surface area contributed by atoms with Gasteiger partial charge < -0.3 is 29.9 Å². The minimum Gasteiger partial charge on any atom is -0.489 e. The first-order chi connectivity index (χ1) is 14.0. The molecule has 1 aliphatic rings. The minimum absolute atomic E-state index is 0.0467. The first kappa shape index (κ1) is 20.6. The van der Waals surface area contributed by atoms with E-state index in [2.05, 4.69) is 20.3 Å². The van der Waals surface area contributed by atoms with Crippen LogP contribution < -0.4 is 14.8 Å². The standard InChI is InChI=1S/C19H25N5O5/c1-12-15(4-3-13(22-12)7-10-25)23-17-16(28-2)18(21-11-20-17)29-14-5-8-24(9-6-14)19(26)27/h3-4,11,14,25H,5-10H2,1-2H3,(H,26,27)(H,20,21,23). The van der Waals surface area contributed by atoms with Gasteiger partial charge in [0.1, 0.15) is 12.4 Å². The second kappa shape index (κ2) is 9.37. The van der Waals surface area contributed by atoms with Crippen LogP contribution >= 0.6 is 0 Å². The molecule has 10 nitrogen and oxygen atoms in total. The molecular weight excluding hydrogens is 378 g/mol. The van der Waals surface area contributed by atoms with Crippen molar-refractivity contribution in [1.82, 2.24) is 19.9 Å². The smallest absolute Gasteiger partial charge is 0.407 e. The van der Waals surface area contributed by atoms with Crippen molar-refractivity contribution in [2.24, 2.45) is 0 Å². The lowest BCUT2D eigenvalue weighted by atomic mass is 10.1. The second-order valence-corrected chi connectivity index (χ2v) is 6.68. The van der Waals surface area contributed by atoms with Crippen LogP contribution in [0.25, 0.3) is 0 Å². The zero-order valence-electron chi connectivity index (χ0n) is 16.5. The van der Waals surface area contributed by atoms with E-state index in [0.717, 1.165) is 17.1 Å². The van der Waals surface area contributed by atoms with Gasteiger partial charge in [0.05, 0.1) is 18.5 Å². The third kappa shape index (κ3) is 5.02. The number of hydrogen-bond donors (Lipinski definition) is 3. The molecule has 3 N–H and O–H groups in total. The van der Waals surface area contributed by atoms with Crippen molar-refractivity contribution >= 4 is 17.6 Å². The van der Waals surface area contributed by atoms with Crippen LogP contribution in [0.5, 0.6) is 11.6 Å². The minimum atomic E-state index is -0.913. The molecule has 0 bridgehead atoms. The van der Waals surface area contributed by atoms with Gasteiger partial charge in [-0.1, -0.05) is 0 Å². The highest BCUT2D eigenvalue weighted by atomic mass is 16.5. The van der Waals surface area contributed by atoms with Crippen LogP contribution in [0.4, 0.5) is 16.3 Å². The number of ether oxygens (including phenoxy) is 2. The largest absolute Gasteiger partial charge is 0.489 e. The van der Waals surface area contributed by atoms with Gasteiger partial charge in [-0.3, -0.25) is 4.98 Å². The summed E-state index contributed by atoms with van der Waals surface area (Å²) in [5.74, 6) is 1.12. The number of aromatic nitrogens is 3. The molecule has 0 radical (unpaired) electrons. The summed E-state index contributed by atoms with van der Waals surface area (Å²) in [4.78, 5) is 25.3. The summed E-state index contributed by atoms with van der Waals surface area (Å²) >= 11 is 0. The van der Waals surface area contributed by atoms with Gasteiger partial charge in [0.25, 0.3) is 5.88 Å². The highest BCUT2D eigenvalue weighted by molar-refractivity contribution is 5.66. The molecule has 0 saturated carbocycles. The number of amides is 1. The second-order valence-electron chi connectivity index (χ2n) is 6.68. The van der Waals surface area contributed by atoms with E-state index >= 15 is 0 Å². The normalized spacial score (nSPS) is 14.5. The van der Waals surface area contributed by atoms with Crippen LogP contribution in [-0.2, 0) is 6.42 Å². The maximum atomic E-state index is 11.0. The number of piperidine rings is 1. The molecule has 0 atom stereocenters. The van der Waals surface area contributed by atoms with Gasteiger partial charge in [0.15, 0.2) is 5.82 Å². The van der Waals surface area contributed by atoms with Crippen molar-refractivity contribution in [2.45, 2.75) is 32.3 Å². The summed E-state index contributed by atoms with van der Waals surface area (Å²) in [5, 5.41) is 21.3. The monoisotopic (exact) mass is 403 g/mol. The lowest BCUT2D eigenvalue weighted by Gasteiger charge is -2.30. The van der Waals surface area contributed by atoms with Crippen LogP contribution in [0.15, 0.2) is 18.5 Å². The molecule has 2 aromatic heterocycles. The van der Waals surface area contributed by atoms with E-state index in [-0.39, 0.29) is 12.7 Å². The number of rotatable bonds is 7. The van der Waals surface area contributed by atoms with Crippen LogP contribution in [0, 0.1) is 6.92 Å². The number of likely N-dealkylation sites (tertiary alicyclic amines) is 1. The first-order valence-corrected chi connectivity index (χ1v) is 9.39. The fraction of sp³-hybridized carbons (Fsp3) is 0.474. The Hall–Kier alpha value is -3.14. The van der Waals surface area contributed by atoms with E-state index in [1.807, 2.05) is 19.1 Å². The zero-order valence-corrected chi connectivity index (χ0v) is 16.5. The van der Waals surface area contributed by atoms with Crippen molar-refractivity contribution in [3.05, 3.63) is 29.8 Å². The molecule has 10 heteroatoms. The van der Waals surface area contributed by atoms with E-state index in [1.165, 1.54) is 18.3 Å². The molecule has 2 aromatic rings. The van der Waals surface area contributed by atoms with Crippen LogP contribution in [0.3, 0.4) is 0 Å². The van der Waals surface area contributed by atoms with Crippen molar-refractivity contribution in [2.75, 3.05) is 32.1 Å². The summed E-state index contributed by atoms with van der Waals surface area (Å²) in [6.07, 6.45) is 1.98. The third-order valence-electron chi connectivity index (χ3n) is 4.73. The molecule has 1 saturated heterocycles. The Kier molecular flexibility index (Phi) is 6.65. The SMILES string of the molecule is COc1c(Nc2ccc(CCO)nc2C)ncnc1OC1CCN(C(=O)O)CC1. The quantitative estimate of drug-likeness (QED) is 0.635. The summed E-state index contributed by atoms with van der Waals surface area (Å²) in [6, 6.07) is 3.71. The molecule has 1 fully saturated rings. The van der Waals surface area contributed by atoms with Crippen molar-refractivity contribution in [3.63, 3.8) is 0 Å². The fourth-order valence-electron chi connectivity index (χ4n) is 3.16. The number of nitrogens with zero attached hydrogens (tertiary/aromatic N) is 4. The third-order valence-corrected chi connectivity index (χ3v) is 4.73. The number of pyridine rings is 1. The Morgan fingerprint density at radius 3 is 2.69 bits per heavy atom. The number of aliphatic hydroxyl groups excluding tert-OH is 1. The molecule has 29 heavy (non-hydrogen) atoms. The lowest BCUT2D eigenvalue weighted by molar-refractivity contribution is 0.0852. The molecule has 1 amide bonds. The van der Waals surface area contributed by atoms with Gasteiger partial charge in [0.2, 0.25) is 5.75 Å². The van der Waals surface area contributed by atoms with E-state index in [1.54, 1.807) is 0 Å². The molecule has 0 spiro atoms. The number of aryl methyl sites for hydroxylation is 1. The molecule has 1 aliphatic heterocycles. The number of nitrogens with one attached hydrogen (secondary N) is 1. The first-order valence-electron chi connectivity index (χ1n) is 9.39. The summed E-state index contributed by atoms with van der Waals surface area (Å²) in [7, 11) is 1.51. The molecular formula is C19H25N5O5. The maximum Gasteiger partial charge on any atom is 0.407 e. The van der Waals surface area contributed by atoms with Crippen molar-refractivity contribution < 1.29 is 24.5 Å². The number of aliphatic hydroxyl groups is 1. The van der Waals surface area contributed by atoms with Gasteiger partial charge >= 0.3 is 6.09 Å². The topological polar surface area (TPSA) is 130 Å². The van der Waals surface area contributed by atoms with Crippen LogP contribution in [0.1, 0.15) is 24.2 Å². The van der Waals surface area contributed by atoms with Gasteiger partial charge in [-0.05, 0) is 19.1 Å². The number of methoxy groups -OCH3 is 1. The van der Waals surface area contributed by atoms with E-state index in [4.69, 9.17) is 19.7 Å². The number of anilines is 2. The van der Waals surface area contributed by atoms with Gasteiger partial charge in [-0.2, -0.15) is 4.98 Å². The predicted molar refractivity (Wildman–Crippen MR) is 105 cm³/mol. The summed E-state index contributed by atoms with van der Waals surface area (Å²) in [5.41, 5.74) is 2.33. The Balaban J connectivity index is 1.74. The van der Waals surface area contributed by atoms with E-state index < -0.39 is 6.09 Å². The van der Waals surface area contributed by atoms with E-state index in [0.29, 0.717) is 49.8 Å². The zero-order chi connectivity index (χ0) is 20.8. The molecule has 156 valence electrons. The Labute approximate surface area is 168 Å². The fourth-order valence-corrected chi connectivity index (χ4v) is 3.16. The average Bonchev–Trinajstić information content (AvgIpc) is 2.71.